The van der Waals surface area contributed by atoms with Crippen LogP contribution in [0.1, 0.15) is 33.9 Å². The maximum Gasteiger partial charge on any atom is 0.248 e. The Labute approximate surface area is 303 Å². The molecule has 8 heteroatoms. The molecule has 0 amide bonds. The molecule has 5 aromatic carbocycles. The molecule has 0 spiro atoms. The quantitative estimate of drug-likeness (QED) is 0.0781. The Kier molecular flexibility index (Phi) is 10.5. The van der Waals surface area contributed by atoms with Gasteiger partial charge in [0.05, 0.1) is 17.3 Å². The second kappa shape index (κ2) is 15.9. The van der Waals surface area contributed by atoms with Gasteiger partial charge < -0.3 is 30.2 Å². The molecule has 52 heavy (non-hydrogen) atoms. The molecule has 0 aliphatic rings. The molecule has 1 unspecified atom stereocenters. The van der Waals surface area contributed by atoms with Gasteiger partial charge in [-0.15, -0.1) is 0 Å². The van der Waals surface area contributed by atoms with E-state index in [1.165, 1.54) is 17.2 Å². The summed E-state index contributed by atoms with van der Waals surface area (Å²) in [5.74, 6) is 0.730. The molecule has 0 aliphatic heterocycles. The number of anilines is 2. The molecule has 5 N–H and O–H groups in total. The fraction of sp³-hybridized carbons (Fsp3) is 0.159. The number of nitrogens with zero attached hydrogens (tertiary/aromatic N) is 1. The highest BCUT2D eigenvalue weighted by Gasteiger charge is 2.19. The summed E-state index contributed by atoms with van der Waals surface area (Å²) in [5, 5.41) is 25.7. The number of aromatic hydroxyl groups is 1. The Morgan fingerprint density at radius 3 is 2.10 bits per heavy atom. The van der Waals surface area contributed by atoms with Gasteiger partial charge in [0.2, 0.25) is 5.56 Å². The Hall–Kier alpha value is -6.09. The van der Waals surface area contributed by atoms with E-state index in [1.54, 1.807) is 12.1 Å². The van der Waals surface area contributed by atoms with E-state index >= 15 is 0 Å². The molecule has 2 aromatic heterocycles. The summed E-state index contributed by atoms with van der Waals surface area (Å²) in [4.78, 5) is 20.6. The predicted octanol–water partition coefficient (Wildman–Crippen LogP) is 8.64. The monoisotopic (exact) mass is 690 g/mol. The third kappa shape index (κ3) is 8.43. The molecule has 0 saturated carbocycles. The van der Waals surface area contributed by atoms with Crippen LogP contribution < -0.4 is 15.6 Å². The van der Waals surface area contributed by atoms with Gasteiger partial charge in [0, 0.05) is 48.5 Å². The van der Waals surface area contributed by atoms with Gasteiger partial charge in [-0.2, -0.15) is 0 Å². The van der Waals surface area contributed by atoms with Crippen LogP contribution in [-0.4, -0.2) is 38.2 Å². The number of ether oxygens (including phenoxy) is 1. The number of nitrogens with one attached hydrogen (secondary N) is 3. The highest BCUT2D eigenvalue weighted by molar-refractivity contribution is 5.87. The van der Waals surface area contributed by atoms with Crippen LogP contribution in [0.15, 0.2) is 144 Å². The minimum absolute atomic E-state index is 0.164. The number of aliphatic hydroxyl groups is 1. The zero-order valence-corrected chi connectivity index (χ0v) is 29.1. The lowest BCUT2D eigenvalue weighted by molar-refractivity contribution is 0.110. The van der Waals surface area contributed by atoms with Gasteiger partial charge in [0.1, 0.15) is 12.4 Å². The number of benzene rings is 5. The number of aromatic nitrogens is 2. The van der Waals surface area contributed by atoms with Crippen LogP contribution in [0, 0.1) is 6.92 Å². The standard InChI is InChI=1S/C44H42N4O4/c1-30-26-42(51)47-43(30)34-14-18-36(19-15-34)45-35-16-12-31(13-17-35)24-25-48(27-32-8-4-2-5-9-32)28-39(49)37-20-22-40(44-38(37)21-23-41(50)46-44)52-29-33-10-6-3-7-11-33/h2-23,26,39,45,47,49,51H,24-25,27-29H2,1H3,(H,46,50). The number of aryl methyl sites for hydroxylation is 1. The van der Waals surface area contributed by atoms with Crippen molar-refractivity contribution >= 4 is 22.3 Å². The SMILES string of the molecule is Cc1cc(O)[nH]c1-c1ccc(Nc2ccc(CCN(Cc3ccccc3)CC(O)c3ccc(OCc4ccccc4)c4[nH]c(=O)ccc34)cc2)cc1. The Morgan fingerprint density at radius 2 is 1.42 bits per heavy atom. The van der Waals surface area contributed by atoms with Crippen molar-refractivity contribution in [2.24, 2.45) is 0 Å². The molecule has 7 aromatic rings. The fourth-order valence-electron chi connectivity index (χ4n) is 6.58. The molecule has 8 nitrogen and oxygen atoms in total. The maximum atomic E-state index is 12.4. The highest BCUT2D eigenvalue weighted by atomic mass is 16.5. The number of hydrogen-bond acceptors (Lipinski definition) is 6. The molecule has 262 valence electrons. The normalized spacial score (nSPS) is 11.9. The molecule has 1 atom stereocenters. The van der Waals surface area contributed by atoms with Crippen molar-refractivity contribution in [3.63, 3.8) is 0 Å². The van der Waals surface area contributed by atoms with Gasteiger partial charge in [-0.25, -0.2) is 0 Å². The molecule has 0 fully saturated rings. The molecule has 2 heterocycles. The van der Waals surface area contributed by atoms with Crippen molar-refractivity contribution in [1.29, 1.82) is 0 Å². The topological polar surface area (TPSA) is 114 Å². The van der Waals surface area contributed by atoms with Gasteiger partial charge in [-0.3, -0.25) is 9.69 Å². The van der Waals surface area contributed by atoms with Crippen molar-refractivity contribution in [1.82, 2.24) is 14.9 Å². The number of hydrogen-bond donors (Lipinski definition) is 5. The summed E-state index contributed by atoms with van der Waals surface area (Å²) in [6.07, 6.45) is 0.00173. The second-order valence-electron chi connectivity index (χ2n) is 13.1. The number of pyridine rings is 1. The number of fused-ring (bicyclic) bond motifs is 1. The van der Waals surface area contributed by atoms with Gasteiger partial charge in [0.15, 0.2) is 5.88 Å². The van der Waals surface area contributed by atoms with Crippen molar-refractivity contribution < 1.29 is 14.9 Å². The summed E-state index contributed by atoms with van der Waals surface area (Å²) in [6, 6.07) is 45.4. The van der Waals surface area contributed by atoms with Crippen LogP contribution in [0.4, 0.5) is 11.4 Å². The van der Waals surface area contributed by atoms with Crippen LogP contribution in [-0.2, 0) is 19.6 Å². The minimum atomic E-state index is -0.801. The summed E-state index contributed by atoms with van der Waals surface area (Å²) in [6.45, 7) is 4.16. The second-order valence-corrected chi connectivity index (χ2v) is 13.1. The maximum absolute atomic E-state index is 12.4. The average Bonchev–Trinajstić information content (AvgIpc) is 3.51. The lowest BCUT2D eigenvalue weighted by Gasteiger charge is -2.26. The summed E-state index contributed by atoms with van der Waals surface area (Å²) in [7, 11) is 0. The third-order valence-electron chi connectivity index (χ3n) is 9.30. The van der Waals surface area contributed by atoms with Crippen molar-refractivity contribution in [3.8, 4) is 22.9 Å². The fourth-order valence-corrected chi connectivity index (χ4v) is 6.58. The van der Waals surface area contributed by atoms with E-state index in [0.717, 1.165) is 57.7 Å². The first-order valence-electron chi connectivity index (χ1n) is 17.5. The minimum Gasteiger partial charge on any atom is -0.495 e. The van der Waals surface area contributed by atoms with Crippen LogP contribution in [0.3, 0.4) is 0 Å². The molecule has 0 radical (unpaired) electrons. The van der Waals surface area contributed by atoms with E-state index in [4.69, 9.17) is 4.74 Å². The van der Waals surface area contributed by atoms with Gasteiger partial charge >= 0.3 is 0 Å². The van der Waals surface area contributed by atoms with Crippen LogP contribution in [0.2, 0.25) is 0 Å². The van der Waals surface area contributed by atoms with E-state index in [1.807, 2.05) is 91.9 Å². The number of aliphatic hydroxyl groups excluding tert-OH is 1. The molecule has 7 rings (SSSR count). The highest BCUT2D eigenvalue weighted by Crippen LogP contribution is 2.31. The van der Waals surface area contributed by atoms with Crippen molar-refractivity contribution in [3.05, 3.63) is 178 Å². The van der Waals surface area contributed by atoms with E-state index in [2.05, 4.69) is 56.6 Å². The van der Waals surface area contributed by atoms with Crippen LogP contribution in [0.5, 0.6) is 11.6 Å². The summed E-state index contributed by atoms with van der Waals surface area (Å²) >= 11 is 0. The zero-order chi connectivity index (χ0) is 35.9. The number of H-pyrrole nitrogens is 2. The van der Waals surface area contributed by atoms with Crippen LogP contribution in [0.25, 0.3) is 22.2 Å². The molecular formula is C44H42N4O4. The van der Waals surface area contributed by atoms with Gasteiger partial charge in [0.25, 0.3) is 0 Å². The van der Waals surface area contributed by atoms with Crippen molar-refractivity contribution in [2.45, 2.75) is 32.6 Å². The van der Waals surface area contributed by atoms with Gasteiger partial charge in [-0.1, -0.05) is 91.0 Å². The lowest BCUT2D eigenvalue weighted by Crippen LogP contribution is -2.30. The summed E-state index contributed by atoms with van der Waals surface area (Å²) in [5.41, 5.74) is 9.36. The average molecular weight is 691 g/mol. The number of aromatic amines is 2. The van der Waals surface area contributed by atoms with E-state index in [-0.39, 0.29) is 11.4 Å². The number of rotatable bonds is 14. The Balaban J connectivity index is 1.03. The molecule has 0 aliphatic carbocycles. The molecule has 0 saturated heterocycles. The van der Waals surface area contributed by atoms with Gasteiger partial charge in [-0.05, 0) is 83.1 Å². The lowest BCUT2D eigenvalue weighted by atomic mass is 10.0. The predicted molar refractivity (Wildman–Crippen MR) is 208 cm³/mol. The van der Waals surface area contributed by atoms with Crippen molar-refractivity contribution in [2.75, 3.05) is 18.4 Å². The third-order valence-corrected chi connectivity index (χ3v) is 9.30. The van der Waals surface area contributed by atoms with E-state index in [9.17, 15) is 15.0 Å². The Morgan fingerprint density at radius 1 is 0.750 bits per heavy atom. The molecular weight excluding hydrogens is 649 g/mol. The first kappa shape index (κ1) is 34.4. The zero-order valence-electron chi connectivity index (χ0n) is 29.1. The first-order chi connectivity index (χ1) is 25.4. The smallest absolute Gasteiger partial charge is 0.248 e. The summed E-state index contributed by atoms with van der Waals surface area (Å²) < 4.78 is 6.13. The largest absolute Gasteiger partial charge is 0.495 e. The van der Waals surface area contributed by atoms with E-state index < -0.39 is 6.10 Å². The first-order valence-corrected chi connectivity index (χ1v) is 17.5. The van der Waals surface area contributed by atoms with Crippen LogP contribution >= 0.6 is 0 Å². The van der Waals surface area contributed by atoms with E-state index in [0.29, 0.717) is 31.0 Å². The molecule has 0 bridgehead atoms. The Bertz CT molecular complexity index is 2280.